The number of halogens is 1. The Kier molecular flexibility index (Phi) is 4.46. The standard InChI is InChI=1S/C16H13ClN2O4S/c1-22-13-6-8-14(9-7-13)24(20,21)19-16-10-15(18-23-16)11-2-4-12(17)5-3-11/h2-10,19H,1H3. The highest BCUT2D eigenvalue weighted by atomic mass is 35.5. The summed E-state index contributed by atoms with van der Waals surface area (Å²) in [5, 5.41) is 4.46. The molecular weight excluding hydrogens is 352 g/mol. The normalized spacial score (nSPS) is 11.2. The minimum Gasteiger partial charge on any atom is -0.497 e. The molecule has 3 aromatic rings. The zero-order valence-corrected chi connectivity index (χ0v) is 14.1. The van der Waals surface area contributed by atoms with E-state index in [9.17, 15) is 8.42 Å². The Morgan fingerprint density at radius 2 is 1.75 bits per heavy atom. The van der Waals surface area contributed by atoms with Crippen LogP contribution >= 0.6 is 11.6 Å². The number of nitrogens with one attached hydrogen (secondary N) is 1. The average molecular weight is 365 g/mol. The second-order valence-electron chi connectivity index (χ2n) is 4.86. The zero-order chi connectivity index (χ0) is 17.2. The maximum absolute atomic E-state index is 12.3. The third-order valence-electron chi connectivity index (χ3n) is 3.25. The molecule has 1 N–H and O–H groups in total. The van der Waals surface area contributed by atoms with Crippen LogP contribution in [-0.2, 0) is 10.0 Å². The topological polar surface area (TPSA) is 81.4 Å². The van der Waals surface area contributed by atoms with Crippen LogP contribution in [0.4, 0.5) is 5.88 Å². The first-order valence-corrected chi connectivity index (χ1v) is 8.73. The van der Waals surface area contributed by atoms with Crippen molar-refractivity contribution in [2.45, 2.75) is 4.90 Å². The number of nitrogens with zero attached hydrogens (tertiary/aromatic N) is 1. The van der Waals surface area contributed by atoms with Crippen molar-refractivity contribution in [3.05, 3.63) is 59.6 Å². The third kappa shape index (κ3) is 3.52. The van der Waals surface area contributed by atoms with E-state index in [0.717, 1.165) is 5.56 Å². The molecule has 1 heterocycles. The molecule has 0 atom stereocenters. The van der Waals surface area contributed by atoms with Gasteiger partial charge in [0.2, 0.25) is 5.88 Å². The summed E-state index contributed by atoms with van der Waals surface area (Å²) in [6.45, 7) is 0. The summed E-state index contributed by atoms with van der Waals surface area (Å²) in [7, 11) is -2.27. The van der Waals surface area contributed by atoms with Gasteiger partial charge >= 0.3 is 0 Å². The number of benzene rings is 2. The van der Waals surface area contributed by atoms with E-state index in [1.165, 1.54) is 25.3 Å². The van der Waals surface area contributed by atoms with Gasteiger partial charge in [0, 0.05) is 16.7 Å². The van der Waals surface area contributed by atoms with Crippen LogP contribution in [0.2, 0.25) is 5.02 Å². The Morgan fingerprint density at radius 1 is 1.08 bits per heavy atom. The van der Waals surface area contributed by atoms with Crippen LogP contribution in [-0.4, -0.2) is 20.7 Å². The van der Waals surface area contributed by atoms with Crippen molar-refractivity contribution in [2.24, 2.45) is 0 Å². The van der Waals surface area contributed by atoms with Crippen LogP contribution in [0.3, 0.4) is 0 Å². The summed E-state index contributed by atoms with van der Waals surface area (Å²) in [6.07, 6.45) is 0. The van der Waals surface area contributed by atoms with E-state index < -0.39 is 10.0 Å². The molecule has 6 nitrogen and oxygen atoms in total. The van der Waals surface area contributed by atoms with Gasteiger partial charge in [-0.2, -0.15) is 0 Å². The van der Waals surface area contributed by atoms with Gasteiger partial charge in [0.15, 0.2) is 0 Å². The molecule has 2 aromatic carbocycles. The van der Waals surface area contributed by atoms with Gasteiger partial charge in [-0.05, 0) is 36.4 Å². The predicted molar refractivity (Wildman–Crippen MR) is 90.8 cm³/mol. The highest BCUT2D eigenvalue weighted by Gasteiger charge is 2.17. The maximum atomic E-state index is 12.3. The predicted octanol–water partition coefficient (Wildman–Crippen LogP) is 3.80. The van der Waals surface area contributed by atoms with Crippen molar-refractivity contribution in [1.29, 1.82) is 0 Å². The van der Waals surface area contributed by atoms with E-state index in [-0.39, 0.29) is 10.8 Å². The molecule has 8 heteroatoms. The van der Waals surface area contributed by atoms with Crippen LogP contribution in [0, 0.1) is 0 Å². The van der Waals surface area contributed by atoms with Crippen molar-refractivity contribution in [3.63, 3.8) is 0 Å². The Bertz CT molecular complexity index is 935. The lowest BCUT2D eigenvalue weighted by Gasteiger charge is -2.05. The minimum atomic E-state index is -3.77. The molecule has 0 fully saturated rings. The number of methoxy groups -OCH3 is 1. The van der Waals surface area contributed by atoms with E-state index in [1.807, 2.05) is 0 Å². The molecule has 0 aliphatic rings. The number of rotatable bonds is 5. The number of hydrogen-bond donors (Lipinski definition) is 1. The van der Waals surface area contributed by atoms with E-state index in [2.05, 4.69) is 9.88 Å². The number of sulfonamides is 1. The van der Waals surface area contributed by atoms with Crippen molar-refractivity contribution in [2.75, 3.05) is 11.8 Å². The summed E-state index contributed by atoms with van der Waals surface area (Å²) < 4.78 is 37.1. The Balaban J connectivity index is 1.81. The van der Waals surface area contributed by atoms with Crippen LogP contribution in [0.25, 0.3) is 11.3 Å². The molecule has 3 rings (SSSR count). The molecule has 0 saturated carbocycles. The van der Waals surface area contributed by atoms with Gasteiger partial charge in [0.25, 0.3) is 10.0 Å². The smallest absolute Gasteiger partial charge is 0.264 e. The summed E-state index contributed by atoms with van der Waals surface area (Å²) in [5.74, 6) is 0.592. The second kappa shape index (κ2) is 6.54. The molecule has 0 aliphatic carbocycles. The Morgan fingerprint density at radius 3 is 2.38 bits per heavy atom. The number of ether oxygens (including phenoxy) is 1. The summed E-state index contributed by atoms with van der Waals surface area (Å²) >= 11 is 5.84. The minimum absolute atomic E-state index is 0.0239. The molecule has 124 valence electrons. The highest BCUT2D eigenvalue weighted by Crippen LogP contribution is 2.25. The molecular formula is C16H13ClN2O4S. The zero-order valence-electron chi connectivity index (χ0n) is 12.6. The van der Waals surface area contributed by atoms with E-state index >= 15 is 0 Å². The molecule has 0 saturated heterocycles. The van der Waals surface area contributed by atoms with Gasteiger partial charge in [-0.15, -0.1) is 0 Å². The summed E-state index contributed by atoms with van der Waals surface area (Å²) in [4.78, 5) is 0.0905. The van der Waals surface area contributed by atoms with E-state index in [4.69, 9.17) is 20.9 Å². The Labute approximate surface area is 144 Å². The van der Waals surface area contributed by atoms with Crippen LogP contribution < -0.4 is 9.46 Å². The molecule has 1 aromatic heterocycles. The Hall–Kier alpha value is -2.51. The van der Waals surface area contributed by atoms with Gasteiger partial charge < -0.3 is 9.26 Å². The quantitative estimate of drug-likeness (QED) is 0.744. The lowest BCUT2D eigenvalue weighted by Crippen LogP contribution is -2.12. The van der Waals surface area contributed by atoms with Crippen molar-refractivity contribution >= 4 is 27.5 Å². The molecule has 24 heavy (non-hydrogen) atoms. The van der Waals surface area contributed by atoms with Crippen molar-refractivity contribution in [3.8, 4) is 17.0 Å². The van der Waals surface area contributed by atoms with E-state index in [1.54, 1.807) is 36.4 Å². The fourth-order valence-corrected chi connectivity index (χ4v) is 3.13. The third-order valence-corrected chi connectivity index (χ3v) is 4.87. The lowest BCUT2D eigenvalue weighted by atomic mass is 10.1. The number of anilines is 1. The van der Waals surface area contributed by atoms with Crippen LogP contribution in [0.15, 0.2) is 64.0 Å². The summed E-state index contributed by atoms with van der Waals surface area (Å²) in [6, 6.07) is 14.5. The monoisotopic (exact) mass is 364 g/mol. The number of aromatic nitrogens is 1. The van der Waals surface area contributed by atoms with E-state index in [0.29, 0.717) is 16.5 Å². The van der Waals surface area contributed by atoms with Crippen molar-refractivity contribution < 1.29 is 17.7 Å². The first-order chi connectivity index (χ1) is 11.5. The highest BCUT2D eigenvalue weighted by molar-refractivity contribution is 7.92. The molecule has 0 amide bonds. The fraction of sp³-hybridized carbons (Fsp3) is 0.0625. The van der Waals surface area contributed by atoms with Gasteiger partial charge in [0.1, 0.15) is 11.4 Å². The summed E-state index contributed by atoms with van der Waals surface area (Å²) in [5.41, 5.74) is 1.26. The maximum Gasteiger partial charge on any atom is 0.264 e. The lowest BCUT2D eigenvalue weighted by molar-refractivity contribution is 0.414. The molecule has 0 spiro atoms. The van der Waals surface area contributed by atoms with Crippen LogP contribution in [0.1, 0.15) is 0 Å². The number of hydrogen-bond acceptors (Lipinski definition) is 5. The molecule has 0 unspecified atom stereocenters. The van der Waals surface area contributed by atoms with Crippen LogP contribution in [0.5, 0.6) is 5.75 Å². The van der Waals surface area contributed by atoms with Crippen molar-refractivity contribution in [1.82, 2.24) is 5.16 Å². The SMILES string of the molecule is COc1ccc(S(=O)(=O)Nc2cc(-c3ccc(Cl)cc3)no2)cc1. The van der Waals surface area contributed by atoms with Gasteiger partial charge in [0.05, 0.1) is 12.0 Å². The molecule has 0 radical (unpaired) electrons. The molecule has 0 aliphatic heterocycles. The fourth-order valence-electron chi connectivity index (χ4n) is 2.03. The van der Waals surface area contributed by atoms with Gasteiger partial charge in [-0.1, -0.05) is 28.9 Å². The largest absolute Gasteiger partial charge is 0.497 e. The van der Waals surface area contributed by atoms with Gasteiger partial charge in [-0.25, -0.2) is 13.1 Å². The van der Waals surface area contributed by atoms with Gasteiger partial charge in [-0.3, -0.25) is 0 Å². The first-order valence-electron chi connectivity index (χ1n) is 6.87. The first kappa shape index (κ1) is 16.4. The average Bonchev–Trinajstić information content (AvgIpc) is 3.03. The second-order valence-corrected chi connectivity index (χ2v) is 6.98. The molecule has 0 bridgehead atoms.